The van der Waals surface area contributed by atoms with Crippen LogP contribution in [0.4, 0.5) is 17.1 Å². The molecule has 3 aromatic carbocycles. The van der Waals surface area contributed by atoms with Crippen molar-refractivity contribution in [2.75, 3.05) is 10.6 Å². The summed E-state index contributed by atoms with van der Waals surface area (Å²) in [7, 11) is 0. The molecule has 3 aromatic rings. The van der Waals surface area contributed by atoms with E-state index in [-0.39, 0.29) is 27.8 Å². The molecule has 0 aliphatic heterocycles. The van der Waals surface area contributed by atoms with Crippen LogP contribution < -0.4 is 16.0 Å². The number of nitro groups is 1. The van der Waals surface area contributed by atoms with E-state index in [1.165, 1.54) is 25.1 Å². The van der Waals surface area contributed by atoms with Crippen LogP contribution in [-0.2, 0) is 0 Å². The number of thiocarbonyl (C=S) groups is 1. The third-order valence-corrected chi connectivity index (χ3v) is 4.90. The number of anilines is 2. The van der Waals surface area contributed by atoms with Gasteiger partial charge in [-0.15, -0.1) is 0 Å². The summed E-state index contributed by atoms with van der Waals surface area (Å²) in [5, 5.41) is 19.7. The molecule has 8 nitrogen and oxygen atoms in total. The van der Waals surface area contributed by atoms with Crippen molar-refractivity contribution in [3.63, 3.8) is 0 Å². The van der Waals surface area contributed by atoms with Crippen LogP contribution in [-0.4, -0.2) is 21.9 Å². The van der Waals surface area contributed by atoms with Crippen LogP contribution in [0, 0.1) is 17.0 Å². The first kappa shape index (κ1) is 22.9. The molecule has 0 aliphatic carbocycles. The Balaban J connectivity index is 1.60. The summed E-state index contributed by atoms with van der Waals surface area (Å²) in [6.45, 7) is 1.50. The molecule has 0 saturated carbocycles. The van der Waals surface area contributed by atoms with E-state index in [2.05, 4.69) is 16.0 Å². The van der Waals surface area contributed by atoms with E-state index in [0.717, 1.165) is 0 Å². The Kier molecular flexibility index (Phi) is 7.14. The van der Waals surface area contributed by atoms with Crippen molar-refractivity contribution in [2.45, 2.75) is 6.92 Å². The maximum absolute atomic E-state index is 12.5. The lowest BCUT2D eigenvalue weighted by molar-refractivity contribution is -0.385. The Bertz CT molecular complexity index is 1210. The van der Waals surface area contributed by atoms with E-state index >= 15 is 0 Å². The van der Waals surface area contributed by atoms with Gasteiger partial charge in [0.2, 0.25) is 0 Å². The van der Waals surface area contributed by atoms with Gasteiger partial charge in [-0.3, -0.25) is 25.0 Å². The first-order valence-corrected chi connectivity index (χ1v) is 10.1. The first-order valence-electron chi connectivity index (χ1n) is 9.28. The molecule has 0 spiro atoms. The summed E-state index contributed by atoms with van der Waals surface area (Å²) in [6.07, 6.45) is 0. The Hall–Kier alpha value is -3.82. The molecular weight excluding hydrogens is 452 g/mol. The topological polar surface area (TPSA) is 113 Å². The number of nitrogens with one attached hydrogen (secondary N) is 3. The summed E-state index contributed by atoms with van der Waals surface area (Å²) in [5.41, 5.74) is 1.82. The third-order valence-electron chi connectivity index (χ3n) is 4.46. The van der Waals surface area contributed by atoms with E-state index in [0.29, 0.717) is 22.0 Å². The van der Waals surface area contributed by atoms with Crippen molar-refractivity contribution < 1.29 is 14.5 Å². The molecule has 0 aromatic heterocycles. The first-order chi connectivity index (χ1) is 15.2. The van der Waals surface area contributed by atoms with Crippen molar-refractivity contribution in [3.8, 4) is 0 Å². The molecule has 0 aliphatic rings. The molecule has 0 fully saturated rings. The lowest BCUT2D eigenvalue weighted by Gasteiger charge is -2.12. The normalized spacial score (nSPS) is 10.2. The zero-order valence-electron chi connectivity index (χ0n) is 16.7. The highest BCUT2D eigenvalue weighted by Crippen LogP contribution is 2.21. The van der Waals surface area contributed by atoms with Crippen LogP contribution in [0.25, 0.3) is 0 Å². The molecule has 2 amide bonds. The lowest BCUT2D eigenvalue weighted by atomic mass is 10.1. The maximum atomic E-state index is 12.5. The second-order valence-electron chi connectivity index (χ2n) is 6.66. The third kappa shape index (κ3) is 5.65. The molecule has 3 rings (SSSR count). The number of hydrogen-bond acceptors (Lipinski definition) is 5. The van der Waals surface area contributed by atoms with Gasteiger partial charge >= 0.3 is 0 Å². The Labute approximate surface area is 193 Å². The lowest BCUT2D eigenvalue weighted by Crippen LogP contribution is -2.34. The van der Waals surface area contributed by atoms with Gasteiger partial charge in [-0.25, -0.2) is 0 Å². The highest BCUT2D eigenvalue weighted by molar-refractivity contribution is 7.80. The van der Waals surface area contributed by atoms with E-state index in [1.54, 1.807) is 48.5 Å². The predicted molar refractivity (Wildman–Crippen MR) is 127 cm³/mol. The fourth-order valence-corrected chi connectivity index (χ4v) is 3.27. The standard InChI is InChI=1S/C22H17ClN4O4S/c1-13-18(6-3-7-19(13)27(30)31)21(29)26-22(32)25-17-10-8-16(9-11-17)24-20(28)14-4-2-5-15(23)12-14/h2-12H,1H3,(H,24,28)(H2,25,26,29,32). The smallest absolute Gasteiger partial charge is 0.273 e. The quantitative estimate of drug-likeness (QED) is 0.278. The van der Waals surface area contributed by atoms with Crippen LogP contribution in [0.3, 0.4) is 0 Å². The highest BCUT2D eigenvalue weighted by atomic mass is 35.5. The fourth-order valence-electron chi connectivity index (χ4n) is 2.87. The number of nitrogens with zero attached hydrogens (tertiary/aromatic N) is 1. The molecule has 3 N–H and O–H groups in total. The molecule has 10 heteroatoms. The summed E-state index contributed by atoms with van der Waals surface area (Å²) in [6, 6.07) is 17.5. The number of carbonyl (C=O) groups excluding carboxylic acids is 2. The van der Waals surface area contributed by atoms with Crippen LogP contribution in [0.2, 0.25) is 5.02 Å². The summed E-state index contributed by atoms with van der Waals surface area (Å²) < 4.78 is 0. The zero-order chi connectivity index (χ0) is 23.3. The molecule has 0 bridgehead atoms. The molecule has 0 radical (unpaired) electrons. The number of hydrogen-bond donors (Lipinski definition) is 3. The van der Waals surface area contributed by atoms with Gasteiger partial charge in [0.15, 0.2) is 5.11 Å². The van der Waals surface area contributed by atoms with Crippen molar-refractivity contribution in [1.82, 2.24) is 5.32 Å². The Morgan fingerprint density at radius 2 is 1.56 bits per heavy atom. The number of carbonyl (C=O) groups is 2. The summed E-state index contributed by atoms with van der Waals surface area (Å²) in [5.74, 6) is -0.863. The molecule has 0 atom stereocenters. The molecule has 0 unspecified atom stereocenters. The van der Waals surface area contributed by atoms with Crippen molar-refractivity contribution in [1.29, 1.82) is 0 Å². The molecule has 0 saturated heterocycles. The van der Waals surface area contributed by atoms with Crippen LogP contribution in [0.5, 0.6) is 0 Å². The maximum Gasteiger partial charge on any atom is 0.273 e. The van der Waals surface area contributed by atoms with Crippen molar-refractivity contribution >= 4 is 57.8 Å². The Morgan fingerprint density at radius 1 is 0.938 bits per heavy atom. The number of benzene rings is 3. The zero-order valence-corrected chi connectivity index (χ0v) is 18.3. The van der Waals surface area contributed by atoms with E-state index in [1.807, 2.05) is 0 Å². The fraction of sp³-hybridized carbons (Fsp3) is 0.0455. The van der Waals surface area contributed by atoms with Crippen LogP contribution >= 0.6 is 23.8 Å². The molecule has 32 heavy (non-hydrogen) atoms. The van der Waals surface area contributed by atoms with Gasteiger partial charge in [-0.1, -0.05) is 23.7 Å². The second-order valence-corrected chi connectivity index (χ2v) is 7.50. The minimum atomic E-state index is -0.561. The largest absolute Gasteiger partial charge is 0.332 e. The number of amides is 2. The Morgan fingerprint density at radius 3 is 2.19 bits per heavy atom. The van der Waals surface area contributed by atoms with Crippen molar-refractivity contribution in [2.24, 2.45) is 0 Å². The average molecular weight is 469 g/mol. The summed E-state index contributed by atoms with van der Waals surface area (Å²) in [4.78, 5) is 35.2. The number of halogens is 1. The predicted octanol–water partition coefficient (Wildman–Crippen LogP) is 4.94. The van der Waals surface area contributed by atoms with Gasteiger partial charge in [0, 0.05) is 39.2 Å². The molecule has 0 heterocycles. The van der Waals surface area contributed by atoms with Gasteiger partial charge in [0.25, 0.3) is 17.5 Å². The molecular formula is C22H17ClN4O4S. The average Bonchev–Trinajstić information content (AvgIpc) is 2.75. The van der Waals surface area contributed by atoms with Crippen molar-refractivity contribution in [3.05, 3.63) is 98.6 Å². The number of rotatable bonds is 5. The minimum Gasteiger partial charge on any atom is -0.332 e. The molecule has 162 valence electrons. The minimum absolute atomic E-state index is 0.0246. The van der Waals surface area contributed by atoms with E-state index < -0.39 is 10.8 Å². The summed E-state index contributed by atoms with van der Waals surface area (Å²) >= 11 is 11.1. The monoisotopic (exact) mass is 468 g/mol. The van der Waals surface area contributed by atoms with Gasteiger partial charge < -0.3 is 10.6 Å². The van der Waals surface area contributed by atoms with Gasteiger partial charge in [0.1, 0.15) is 0 Å². The van der Waals surface area contributed by atoms with Crippen LogP contribution in [0.1, 0.15) is 26.3 Å². The SMILES string of the molecule is Cc1c(C(=O)NC(=S)Nc2ccc(NC(=O)c3cccc(Cl)c3)cc2)cccc1[N+](=O)[O-]. The van der Waals surface area contributed by atoms with Crippen LogP contribution in [0.15, 0.2) is 66.7 Å². The van der Waals surface area contributed by atoms with Gasteiger partial charge in [-0.2, -0.15) is 0 Å². The second kappa shape index (κ2) is 9.99. The highest BCUT2D eigenvalue weighted by Gasteiger charge is 2.18. The van der Waals surface area contributed by atoms with Gasteiger partial charge in [-0.05, 0) is 67.7 Å². The number of nitro benzene ring substituents is 1. The van der Waals surface area contributed by atoms with E-state index in [9.17, 15) is 19.7 Å². The van der Waals surface area contributed by atoms with E-state index in [4.69, 9.17) is 23.8 Å². The van der Waals surface area contributed by atoms with Gasteiger partial charge in [0.05, 0.1) is 4.92 Å².